The van der Waals surface area contributed by atoms with Crippen molar-refractivity contribution < 1.29 is 13.9 Å². The maximum atomic E-state index is 14.1. The lowest BCUT2D eigenvalue weighted by atomic mass is 10.0. The Hall–Kier alpha value is -4.06. The summed E-state index contributed by atoms with van der Waals surface area (Å²) in [4.78, 5) is 21.4. The van der Waals surface area contributed by atoms with Gasteiger partial charge in [-0.15, -0.1) is 0 Å². The fourth-order valence-electron chi connectivity index (χ4n) is 3.90. The van der Waals surface area contributed by atoms with Crippen LogP contribution in [0.2, 0.25) is 0 Å². The molecular formula is C26H20FN3O2. The van der Waals surface area contributed by atoms with Crippen LogP contribution >= 0.6 is 0 Å². The number of para-hydroxylation sites is 1. The maximum Gasteiger partial charge on any atom is 0.251 e. The summed E-state index contributed by atoms with van der Waals surface area (Å²) >= 11 is 0. The van der Waals surface area contributed by atoms with Crippen molar-refractivity contribution in [3.05, 3.63) is 102 Å². The molecule has 0 saturated carbocycles. The molecule has 0 radical (unpaired) electrons. The van der Waals surface area contributed by atoms with Gasteiger partial charge in [-0.2, -0.15) is 0 Å². The van der Waals surface area contributed by atoms with E-state index in [0.717, 1.165) is 16.9 Å². The molecule has 3 aromatic carbocycles. The van der Waals surface area contributed by atoms with Crippen LogP contribution < -0.4 is 10.1 Å². The van der Waals surface area contributed by atoms with E-state index in [-0.39, 0.29) is 17.8 Å². The molecule has 32 heavy (non-hydrogen) atoms. The summed E-state index contributed by atoms with van der Waals surface area (Å²) in [6.07, 6.45) is 3.90. The van der Waals surface area contributed by atoms with Gasteiger partial charge < -0.3 is 10.1 Å². The van der Waals surface area contributed by atoms with E-state index in [1.807, 2.05) is 18.2 Å². The Bertz CT molecular complexity index is 1280. The van der Waals surface area contributed by atoms with Gasteiger partial charge in [-0.25, -0.2) is 14.4 Å². The standard InChI is InChI=1S/C26H20FN3O2/c27-23-11-2-1-9-21(23)17-6-3-8-19(14-17)26(31)30-16-20-15-18-7-4-10-22(24(18)32-20)25-28-12-5-13-29-25/h1-14,20H,15-16H2,(H,30,31). The highest BCUT2D eigenvalue weighted by Crippen LogP contribution is 2.37. The number of ether oxygens (including phenoxy) is 1. The van der Waals surface area contributed by atoms with E-state index in [9.17, 15) is 9.18 Å². The molecule has 0 bridgehead atoms. The van der Waals surface area contributed by atoms with Crippen LogP contribution in [0.15, 0.2) is 85.2 Å². The molecule has 158 valence electrons. The van der Waals surface area contributed by atoms with Crippen molar-refractivity contribution in [2.24, 2.45) is 0 Å². The third kappa shape index (κ3) is 3.95. The molecule has 1 unspecified atom stereocenters. The van der Waals surface area contributed by atoms with Crippen LogP contribution in [0.3, 0.4) is 0 Å². The molecule has 4 aromatic rings. The number of amides is 1. The SMILES string of the molecule is O=C(NCC1Cc2cccc(-c3ncccn3)c2O1)c1cccc(-c2ccccc2F)c1. The Morgan fingerprint density at radius 1 is 0.969 bits per heavy atom. The molecule has 6 heteroatoms. The van der Waals surface area contributed by atoms with E-state index < -0.39 is 0 Å². The van der Waals surface area contributed by atoms with Gasteiger partial charge in [0.05, 0.1) is 12.1 Å². The lowest BCUT2D eigenvalue weighted by Gasteiger charge is -2.13. The molecule has 5 nitrogen and oxygen atoms in total. The van der Waals surface area contributed by atoms with Crippen LogP contribution in [-0.4, -0.2) is 28.5 Å². The van der Waals surface area contributed by atoms with Crippen LogP contribution in [0.1, 0.15) is 15.9 Å². The van der Waals surface area contributed by atoms with Gasteiger partial charge in [0.2, 0.25) is 0 Å². The van der Waals surface area contributed by atoms with Crippen molar-refractivity contribution in [2.75, 3.05) is 6.54 Å². The zero-order chi connectivity index (χ0) is 21.9. The lowest BCUT2D eigenvalue weighted by molar-refractivity contribution is 0.0933. The molecule has 1 aliphatic heterocycles. The molecule has 1 aromatic heterocycles. The zero-order valence-electron chi connectivity index (χ0n) is 17.2. The third-order valence-corrected chi connectivity index (χ3v) is 5.44. The lowest BCUT2D eigenvalue weighted by Crippen LogP contribution is -2.34. The number of nitrogens with one attached hydrogen (secondary N) is 1. The maximum absolute atomic E-state index is 14.1. The number of aromatic nitrogens is 2. The van der Waals surface area contributed by atoms with Gasteiger partial charge in [0.1, 0.15) is 17.7 Å². The molecule has 0 spiro atoms. The Balaban J connectivity index is 1.27. The summed E-state index contributed by atoms with van der Waals surface area (Å²) in [7, 11) is 0. The Labute approximate surface area is 184 Å². The Morgan fingerprint density at radius 2 is 1.75 bits per heavy atom. The number of nitrogens with zero attached hydrogens (tertiary/aromatic N) is 2. The number of hydrogen-bond acceptors (Lipinski definition) is 4. The van der Waals surface area contributed by atoms with Crippen molar-refractivity contribution in [1.29, 1.82) is 0 Å². The summed E-state index contributed by atoms with van der Waals surface area (Å²) in [6, 6.07) is 21.2. The Morgan fingerprint density at radius 3 is 2.59 bits per heavy atom. The van der Waals surface area contributed by atoms with E-state index in [1.54, 1.807) is 60.9 Å². The minimum Gasteiger partial charge on any atom is -0.487 e. The van der Waals surface area contributed by atoms with Crippen LogP contribution in [0, 0.1) is 5.82 Å². The molecule has 1 aliphatic rings. The van der Waals surface area contributed by atoms with Gasteiger partial charge in [-0.05, 0) is 41.5 Å². The van der Waals surface area contributed by atoms with E-state index in [0.29, 0.717) is 35.5 Å². The topological polar surface area (TPSA) is 64.1 Å². The number of benzene rings is 3. The quantitative estimate of drug-likeness (QED) is 0.504. The normalized spacial score (nSPS) is 14.5. The van der Waals surface area contributed by atoms with Gasteiger partial charge in [0.15, 0.2) is 5.82 Å². The third-order valence-electron chi connectivity index (χ3n) is 5.44. The minimum absolute atomic E-state index is 0.187. The number of carbonyl (C=O) groups excluding carboxylic acids is 1. The first-order valence-corrected chi connectivity index (χ1v) is 10.4. The second kappa shape index (κ2) is 8.59. The van der Waals surface area contributed by atoms with Gasteiger partial charge >= 0.3 is 0 Å². The van der Waals surface area contributed by atoms with E-state index in [4.69, 9.17) is 4.74 Å². The summed E-state index contributed by atoms with van der Waals surface area (Å²) in [5.41, 5.74) is 3.50. The molecule has 5 rings (SSSR count). The number of rotatable bonds is 5. The number of hydrogen-bond donors (Lipinski definition) is 1. The van der Waals surface area contributed by atoms with Crippen molar-refractivity contribution in [2.45, 2.75) is 12.5 Å². The predicted molar refractivity (Wildman–Crippen MR) is 120 cm³/mol. The summed E-state index contributed by atoms with van der Waals surface area (Å²) < 4.78 is 20.3. The van der Waals surface area contributed by atoms with Crippen LogP contribution in [0.25, 0.3) is 22.5 Å². The van der Waals surface area contributed by atoms with Crippen molar-refractivity contribution in [3.8, 4) is 28.3 Å². The first kappa shape index (κ1) is 19.9. The first-order chi connectivity index (χ1) is 15.7. The average molecular weight is 425 g/mol. The fraction of sp³-hybridized carbons (Fsp3) is 0.115. The number of halogens is 1. The average Bonchev–Trinajstić information content (AvgIpc) is 3.27. The van der Waals surface area contributed by atoms with Crippen molar-refractivity contribution >= 4 is 5.91 Å². The van der Waals surface area contributed by atoms with Gasteiger partial charge in [-0.3, -0.25) is 4.79 Å². The number of carbonyl (C=O) groups is 1. The van der Waals surface area contributed by atoms with Crippen LogP contribution in [-0.2, 0) is 6.42 Å². The fourth-order valence-corrected chi connectivity index (χ4v) is 3.90. The van der Waals surface area contributed by atoms with Gasteiger partial charge in [0, 0.05) is 29.9 Å². The summed E-state index contributed by atoms with van der Waals surface area (Å²) in [6.45, 7) is 0.354. The highest BCUT2D eigenvalue weighted by Gasteiger charge is 2.27. The van der Waals surface area contributed by atoms with Crippen LogP contribution in [0.5, 0.6) is 5.75 Å². The van der Waals surface area contributed by atoms with Crippen LogP contribution in [0.4, 0.5) is 4.39 Å². The highest BCUT2D eigenvalue weighted by atomic mass is 19.1. The van der Waals surface area contributed by atoms with E-state index in [1.165, 1.54) is 6.07 Å². The monoisotopic (exact) mass is 425 g/mol. The Kier molecular flexibility index (Phi) is 5.34. The predicted octanol–water partition coefficient (Wildman–Crippen LogP) is 4.68. The highest BCUT2D eigenvalue weighted by molar-refractivity contribution is 5.95. The van der Waals surface area contributed by atoms with Crippen molar-refractivity contribution in [1.82, 2.24) is 15.3 Å². The zero-order valence-corrected chi connectivity index (χ0v) is 17.2. The number of fused-ring (bicyclic) bond motifs is 1. The second-order valence-corrected chi connectivity index (χ2v) is 7.58. The second-order valence-electron chi connectivity index (χ2n) is 7.58. The molecular weight excluding hydrogens is 405 g/mol. The molecule has 1 amide bonds. The molecule has 0 fully saturated rings. The van der Waals surface area contributed by atoms with Gasteiger partial charge in [0.25, 0.3) is 5.91 Å². The summed E-state index contributed by atoms with van der Waals surface area (Å²) in [5.74, 6) is 0.827. The van der Waals surface area contributed by atoms with Gasteiger partial charge in [-0.1, -0.05) is 42.5 Å². The first-order valence-electron chi connectivity index (χ1n) is 10.4. The molecule has 2 heterocycles. The molecule has 1 N–H and O–H groups in total. The largest absolute Gasteiger partial charge is 0.487 e. The molecule has 0 aliphatic carbocycles. The van der Waals surface area contributed by atoms with Crippen molar-refractivity contribution in [3.63, 3.8) is 0 Å². The summed E-state index contributed by atoms with van der Waals surface area (Å²) in [5, 5.41) is 2.94. The minimum atomic E-state index is -0.319. The smallest absolute Gasteiger partial charge is 0.251 e. The molecule has 0 saturated heterocycles. The molecule has 1 atom stereocenters. The van der Waals surface area contributed by atoms with E-state index >= 15 is 0 Å². The van der Waals surface area contributed by atoms with E-state index in [2.05, 4.69) is 15.3 Å².